The van der Waals surface area contributed by atoms with Crippen molar-refractivity contribution >= 4 is 38.9 Å². The SMILES string of the molecule is CC(=O)NCc1ccc(S(=O)(=O)N(C)Cc2ccc(Cl)cc2)s1. The van der Waals surface area contributed by atoms with Crippen molar-refractivity contribution in [1.29, 1.82) is 0 Å². The largest absolute Gasteiger partial charge is 0.351 e. The molecule has 0 aliphatic rings. The maximum atomic E-state index is 12.6. The monoisotopic (exact) mass is 372 g/mol. The Morgan fingerprint density at radius 2 is 1.87 bits per heavy atom. The summed E-state index contributed by atoms with van der Waals surface area (Å²) in [6.45, 7) is 2.01. The molecule has 0 fully saturated rings. The van der Waals surface area contributed by atoms with E-state index in [1.165, 1.54) is 18.3 Å². The normalized spacial score (nSPS) is 11.7. The first kappa shape index (κ1) is 17.9. The number of hydrogen-bond donors (Lipinski definition) is 1. The lowest BCUT2D eigenvalue weighted by Gasteiger charge is -2.16. The summed E-state index contributed by atoms with van der Waals surface area (Å²) in [5, 5.41) is 3.26. The summed E-state index contributed by atoms with van der Waals surface area (Å²) in [6.07, 6.45) is 0. The quantitative estimate of drug-likeness (QED) is 0.847. The summed E-state index contributed by atoms with van der Waals surface area (Å²) in [5.74, 6) is -0.150. The molecule has 5 nitrogen and oxygen atoms in total. The number of rotatable bonds is 6. The van der Waals surface area contributed by atoms with E-state index < -0.39 is 10.0 Å². The molecule has 0 aliphatic carbocycles. The van der Waals surface area contributed by atoms with E-state index in [1.54, 1.807) is 36.4 Å². The maximum absolute atomic E-state index is 12.6. The van der Waals surface area contributed by atoms with Gasteiger partial charge >= 0.3 is 0 Å². The van der Waals surface area contributed by atoms with Gasteiger partial charge in [-0.3, -0.25) is 4.79 Å². The third-order valence-electron chi connectivity index (χ3n) is 3.13. The number of carbonyl (C=O) groups is 1. The van der Waals surface area contributed by atoms with Crippen LogP contribution in [-0.2, 0) is 27.9 Å². The predicted octanol–water partition coefficient (Wildman–Crippen LogP) is 2.86. The second-order valence-corrected chi connectivity index (χ2v) is 8.89. The van der Waals surface area contributed by atoms with Crippen LogP contribution in [0.5, 0.6) is 0 Å². The Labute approximate surface area is 144 Å². The van der Waals surface area contributed by atoms with E-state index in [1.807, 2.05) is 0 Å². The van der Waals surface area contributed by atoms with Gasteiger partial charge in [-0.2, -0.15) is 4.31 Å². The zero-order valence-electron chi connectivity index (χ0n) is 12.7. The molecule has 0 saturated carbocycles. The van der Waals surface area contributed by atoms with Gasteiger partial charge in [0.1, 0.15) is 4.21 Å². The molecule has 23 heavy (non-hydrogen) atoms. The number of thiophene rings is 1. The zero-order valence-corrected chi connectivity index (χ0v) is 15.1. The average molecular weight is 373 g/mol. The minimum absolute atomic E-state index is 0.150. The first-order valence-electron chi connectivity index (χ1n) is 6.83. The van der Waals surface area contributed by atoms with Crippen LogP contribution in [0.2, 0.25) is 5.02 Å². The second kappa shape index (κ2) is 7.44. The van der Waals surface area contributed by atoms with Crippen molar-refractivity contribution in [2.45, 2.75) is 24.2 Å². The average Bonchev–Trinajstić information content (AvgIpc) is 2.97. The van der Waals surface area contributed by atoms with Gasteiger partial charge in [0, 0.05) is 30.4 Å². The molecule has 0 saturated heterocycles. The Morgan fingerprint density at radius 1 is 1.22 bits per heavy atom. The van der Waals surface area contributed by atoms with Gasteiger partial charge in [0.15, 0.2) is 0 Å². The Morgan fingerprint density at radius 3 is 2.48 bits per heavy atom. The smallest absolute Gasteiger partial charge is 0.252 e. The van der Waals surface area contributed by atoms with Crippen molar-refractivity contribution in [3.8, 4) is 0 Å². The zero-order chi connectivity index (χ0) is 17.0. The van der Waals surface area contributed by atoms with Crippen molar-refractivity contribution in [3.05, 3.63) is 51.9 Å². The number of benzene rings is 1. The van der Waals surface area contributed by atoms with Crippen molar-refractivity contribution in [2.24, 2.45) is 0 Å². The van der Waals surface area contributed by atoms with Crippen molar-refractivity contribution in [2.75, 3.05) is 7.05 Å². The van der Waals surface area contributed by atoms with Gasteiger partial charge in [-0.1, -0.05) is 23.7 Å². The number of hydrogen-bond acceptors (Lipinski definition) is 4. The van der Waals surface area contributed by atoms with E-state index in [4.69, 9.17) is 11.6 Å². The van der Waals surface area contributed by atoms with E-state index in [9.17, 15) is 13.2 Å². The Balaban J connectivity index is 2.10. The molecule has 1 aromatic heterocycles. The summed E-state index contributed by atoms with van der Waals surface area (Å²) in [7, 11) is -2.02. The molecule has 0 bridgehead atoms. The molecule has 1 amide bonds. The molecule has 0 unspecified atom stereocenters. The molecule has 8 heteroatoms. The summed E-state index contributed by atoms with van der Waals surface area (Å²) in [6, 6.07) is 10.3. The second-order valence-electron chi connectivity index (χ2n) is 5.02. The van der Waals surface area contributed by atoms with Crippen LogP contribution in [0, 0.1) is 0 Å². The molecule has 124 valence electrons. The fraction of sp³-hybridized carbons (Fsp3) is 0.267. The number of amides is 1. The Bertz CT molecular complexity index is 785. The third kappa shape index (κ3) is 4.78. The van der Waals surface area contributed by atoms with Crippen LogP contribution in [0.4, 0.5) is 0 Å². The van der Waals surface area contributed by atoms with Crippen LogP contribution in [0.1, 0.15) is 17.4 Å². The molecular weight excluding hydrogens is 356 g/mol. The highest BCUT2D eigenvalue weighted by atomic mass is 35.5. The highest BCUT2D eigenvalue weighted by molar-refractivity contribution is 7.91. The maximum Gasteiger partial charge on any atom is 0.252 e. The van der Waals surface area contributed by atoms with E-state index in [0.29, 0.717) is 11.6 Å². The molecule has 0 spiro atoms. The standard InChI is InChI=1S/C15H17ClN2O3S2/c1-11(19)17-9-14-7-8-15(22-14)23(20,21)18(2)10-12-3-5-13(16)6-4-12/h3-8H,9-10H2,1-2H3,(H,17,19). The van der Waals surface area contributed by atoms with Gasteiger partial charge in [0.05, 0.1) is 6.54 Å². The third-order valence-corrected chi connectivity index (χ3v) is 6.74. The van der Waals surface area contributed by atoms with Crippen LogP contribution in [-0.4, -0.2) is 25.7 Å². The fourth-order valence-electron chi connectivity index (χ4n) is 1.89. The highest BCUT2D eigenvalue weighted by Gasteiger charge is 2.23. The predicted molar refractivity (Wildman–Crippen MR) is 91.9 cm³/mol. The molecule has 0 radical (unpaired) electrons. The summed E-state index contributed by atoms with van der Waals surface area (Å²) < 4.78 is 26.7. The van der Waals surface area contributed by atoms with Crippen LogP contribution < -0.4 is 5.32 Å². The summed E-state index contributed by atoms with van der Waals surface area (Å²) >= 11 is 6.99. The molecule has 1 aromatic carbocycles. The minimum atomic E-state index is -3.56. The van der Waals surface area contributed by atoms with Gasteiger partial charge in [0.25, 0.3) is 10.0 Å². The van der Waals surface area contributed by atoms with Crippen molar-refractivity contribution in [3.63, 3.8) is 0 Å². The highest BCUT2D eigenvalue weighted by Crippen LogP contribution is 2.25. The molecule has 0 aliphatic heterocycles. The molecule has 1 N–H and O–H groups in total. The molecule has 2 aromatic rings. The number of sulfonamides is 1. The van der Waals surface area contributed by atoms with Crippen LogP contribution >= 0.6 is 22.9 Å². The van der Waals surface area contributed by atoms with Gasteiger partial charge < -0.3 is 5.32 Å². The molecular formula is C15H17ClN2O3S2. The number of carbonyl (C=O) groups excluding carboxylic acids is 1. The first-order chi connectivity index (χ1) is 10.8. The van der Waals surface area contributed by atoms with Gasteiger partial charge in [-0.25, -0.2) is 8.42 Å². The number of nitrogens with zero attached hydrogens (tertiary/aromatic N) is 1. The van der Waals surface area contributed by atoms with Crippen molar-refractivity contribution < 1.29 is 13.2 Å². The lowest BCUT2D eigenvalue weighted by Crippen LogP contribution is -2.25. The lowest BCUT2D eigenvalue weighted by atomic mass is 10.2. The summed E-state index contributed by atoms with van der Waals surface area (Å²) in [5.41, 5.74) is 0.857. The number of halogens is 1. The lowest BCUT2D eigenvalue weighted by molar-refractivity contribution is -0.119. The summed E-state index contributed by atoms with van der Waals surface area (Å²) in [4.78, 5) is 11.7. The van der Waals surface area contributed by atoms with Gasteiger partial charge in [0.2, 0.25) is 5.91 Å². The van der Waals surface area contributed by atoms with E-state index >= 15 is 0 Å². The van der Waals surface area contributed by atoms with E-state index in [2.05, 4.69) is 5.32 Å². The van der Waals surface area contributed by atoms with Crippen LogP contribution in [0.25, 0.3) is 0 Å². The molecule has 2 rings (SSSR count). The van der Waals surface area contributed by atoms with Crippen molar-refractivity contribution in [1.82, 2.24) is 9.62 Å². The molecule has 0 atom stereocenters. The van der Waals surface area contributed by atoms with E-state index in [0.717, 1.165) is 21.8 Å². The first-order valence-corrected chi connectivity index (χ1v) is 9.46. The Kier molecular flexibility index (Phi) is 5.80. The van der Waals surface area contributed by atoms with Gasteiger partial charge in [-0.15, -0.1) is 11.3 Å². The fourth-order valence-corrected chi connectivity index (χ4v) is 4.68. The van der Waals surface area contributed by atoms with Crippen LogP contribution in [0.3, 0.4) is 0 Å². The van der Waals surface area contributed by atoms with E-state index in [-0.39, 0.29) is 16.7 Å². The minimum Gasteiger partial charge on any atom is -0.351 e. The molecule has 1 heterocycles. The topological polar surface area (TPSA) is 66.5 Å². The Hall–Kier alpha value is -1.41. The number of nitrogens with one attached hydrogen (secondary N) is 1. The van der Waals surface area contributed by atoms with Gasteiger partial charge in [-0.05, 0) is 29.8 Å². The van der Waals surface area contributed by atoms with Crippen LogP contribution in [0.15, 0.2) is 40.6 Å².